The minimum absolute atomic E-state index is 0.0932. The molecule has 4 atom stereocenters. The van der Waals surface area contributed by atoms with Gasteiger partial charge in [0.2, 0.25) is 5.91 Å². The fourth-order valence-electron chi connectivity index (χ4n) is 4.15. The third-order valence-corrected chi connectivity index (χ3v) is 6.23. The first-order valence-electron chi connectivity index (χ1n) is 14.3. The van der Waals surface area contributed by atoms with Crippen molar-refractivity contribution in [1.82, 2.24) is 5.32 Å². The Morgan fingerprint density at radius 3 is 2.63 bits per heavy atom. The number of nitrogens with two attached hydrogens (primary N) is 1. The normalized spacial score (nSPS) is 26.4. The van der Waals surface area contributed by atoms with E-state index in [4.69, 9.17) is 15.2 Å². The summed E-state index contributed by atoms with van der Waals surface area (Å²) in [7, 11) is 0. The predicted molar refractivity (Wildman–Crippen MR) is 163 cm³/mol. The number of hydrogen-bond donors (Lipinski definition) is 3. The molecule has 4 N–H and O–H groups in total. The van der Waals surface area contributed by atoms with Crippen LogP contribution < -0.4 is 11.1 Å². The van der Waals surface area contributed by atoms with E-state index in [1.54, 1.807) is 18.4 Å². The van der Waals surface area contributed by atoms with Gasteiger partial charge in [-0.3, -0.25) is 4.79 Å². The number of hydrogen-bond acceptors (Lipinski definition) is 6. The molecule has 8 nitrogen and oxygen atoms in total. The highest BCUT2D eigenvalue weighted by Crippen LogP contribution is 2.21. The van der Waals surface area contributed by atoms with Gasteiger partial charge in [-0.15, -0.1) is 0 Å². The molecule has 0 saturated carbocycles. The molecule has 0 spiro atoms. The zero-order chi connectivity index (χ0) is 30.6. The number of aliphatic hydroxyl groups is 1. The van der Waals surface area contributed by atoms with Crippen LogP contribution in [0, 0.1) is 5.92 Å². The van der Waals surface area contributed by atoms with Crippen LogP contribution in [0.15, 0.2) is 83.7 Å². The van der Waals surface area contributed by atoms with Crippen molar-refractivity contribution in [3.05, 3.63) is 83.7 Å². The Labute approximate surface area is 245 Å². The maximum atomic E-state index is 12.6. The minimum atomic E-state index is -0.812. The third kappa shape index (κ3) is 18.3. The topological polar surface area (TPSA) is 128 Å². The van der Waals surface area contributed by atoms with Gasteiger partial charge in [0.05, 0.1) is 6.10 Å². The number of cyclic esters (lactones) is 1. The predicted octanol–water partition coefficient (Wildman–Crippen LogP) is 6.26. The lowest BCUT2D eigenvalue weighted by Gasteiger charge is -2.22. The zero-order valence-electron chi connectivity index (χ0n) is 25.2. The molecule has 0 fully saturated rings. The number of carbonyl (C=O) groups is 3. The molecular formula is C33H48N2O6. The monoisotopic (exact) mass is 568 g/mol. The number of carbonyl (C=O) groups excluding carboxylic acids is 3. The Bertz CT molecular complexity index is 1060. The lowest BCUT2D eigenvalue weighted by atomic mass is 9.95. The Hall–Kier alpha value is -3.65. The van der Waals surface area contributed by atoms with Gasteiger partial charge in [-0.2, -0.15) is 0 Å². The average molecular weight is 569 g/mol. The quantitative estimate of drug-likeness (QED) is 0.150. The Morgan fingerprint density at radius 2 is 1.93 bits per heavy atom. The number of esters is 1. The number of primary amides is 1. The molecule has 1 aliphatic heterocycles. The Morgan fingerprint density at radius 1 is 1.17 bits per heavy atom. The van der Waals surface area contributed by atoms with E-state index in [-0.39, 0.29) is 17.9 Å². The van der Waals surface area contributed by atoms with E-state index < -0.39 is 24.3 Å². The molecular weight excluding hydrogens is 520 g/mol. The van der Waals surface area contributed by atoms with Crippen LogP contribution in [0.5, 0.6) is 0 Å². The fraction of sp³-hybridized carbons (Fsp3) is 0.485. The van der Waals surface area contributed by atoms with Crippen molar-refractivity contribution in [1.29, 1.82) is 0 Å². The third-order valence-electron chi connectivity index (χ3n) is 6.23. The number of nitrogens with one attached hydrogen (secondary N) is 1. The van der Waals surface area contributed by atoms with Crippen LogP contribution in [0.3, 0.4) is 0 Å². The number of allylic oxidation sites excluding steroid dienone is 7. The second-order valence-electron chi connectivity index (χ2n) is 10.7. The van der Waals surface area contributed by atoms with Crippen molar-refractivity contribution in [2.45, 2.75) is 97.9 Å². The van der Waals surface area contributed by atoms with Gasteiger partial charge in [-0.05, 0) is 65.9 Å². The minimum Gasteiger partial charge on any atom is -0.458 e. The van der Waals surface area contributed by atoms with Crippen LogP contribution >= 0.6 is 0 Å². The lowest BCUT2D eigenvalue weighted by molar-refractivity contribution is -0.144. The van der Waals surface area contributed by atoms with Crippen LogP contribution in [-0.4, -0.2) is 41.4 Å². The van der Waals surface area contributed by atoms with Crippen molar-refractivity contribution < 1.29 is 29.0 Å². The van der Waals surface area contributed by atoms with E-state index in [9.17, 15) is 19.5 Å². The number of amides is 2. The molecule has 0 saturated heterocycles. The van der Waals surface area contributed by atoms with Gasteiger partial charge in [0, 0.05) is 37.1 Å². The van der Waals surface area contributed by atoms with Crippen molar-refractivity contribution >= 4 is 18.0 Å². The number of rotatable bonds is 6. The van der Waals surface area contributed by atoms with Crippen LogP contribution in [0.25, 0.3) is 0 Å². The van der Waals surface area contributed by atoms with Crippen LogP contribution in [0.4, 0.5) is 4.79 Å². The summed E-state index contributed by atoms with van der Waals surface area (Å²) in [5.41, 5.74) is 8.11. The second-order valence-corrected chi connectivity index (χ2v) is 10.7. The maximum Gasteiger partial charge on any atom is 0.404 e. The van der Waals surface area contributed by atoms with Gasteiger partial charge in [-0.25, -0.2) is 9.59 Å². The molecule has 0 radical (unpaired) electrons. The van der Waals surface area contributed by atoms with Crippen molar-refractivity contribution in [3.63, 3.8) is 0 Å². The number of aliphatic hydroxyl groups excluding tert-OH is 1. The first-order valence-corrected chi connectivity index (χ1v) is 14.3. The molecule has 41 heavy (non-hydrogen) atoms. The van der Waals surface area contributed by atoms with Gasteiger partial charge in [0.1, 0.15) is 12.2 Å². The maximum absolute atomic E-state index is 12.6. The van der Waals surface area contributed by atoms with E-state index in [1.807, 2.05) is 71.1 Å². The summed E-state index contributed by atoms with van der Waals surface area (Å²) in [5, 5.41) is 12.9. The molecule has 0 aliphatic carbocycles. The molecule has 0 aromatic rings. The second kappa shape index (κ2) is 20.3. The zero-order valence-corrected chi connectivity index (χ0v) is 25.2. The molecule has 0 aromatic heterocycles. The summed E-state index contributed by atoms with van der Waals surface area (Å²) in [6.45, 7) is 9.63. The highest BCUT2D eigenvalue weighted by Gasteiger charge is 2.20. The smallest absolute Gasteiger partial charge is 0.404 e. The van der Waals surface area contributed by atoms with Gasteiger partial charge in [0.15, 0.2) is 0 Å². The first kappa shape index (κ1) is 35.4. The molecule has 1 rings (SSSR count). The number of ether oxygens (including phenoxy) is 2. The van der Waals surface area contributed by atoms with Gasteiger partial charge < -0.3 is 25.6 Å². The summed E-state index contributed by atoms with van der Waals surface area (Å²) < 4.78 is 11.1. The van der Waals surface area contributed by atoms with E-state index in [1.165, 1.54) is 12.2 Å². The van der Waals surface area contributed by atoms with Crippen LogP contribution in [0.1, 0.15) is 79.6 Å². The summed E-state index contributed by atoms with van der Waals surface area (Å²) >= 11 is 0. The van der Waals surface area contributed by atoms with Gasteiger partial charge in [-0.1, -0.05) is 66.2 Å². The molecule has 0 unspecified atom stereocenters. The van der Waals surface area contributed by atoms with Crippen molar-refractivity contribution in [2.75, 3.05) is 0 Å². The van der Waals surface area contributed by atoms with Gasteiger partial charge in [0.25, 0.3) is 0 Å². The highest BCUT2D eigenvalue weighted by molar-refractivity contribution is 5.88. The molecule has 8 heteroatoms. The molecule has 1 heterocycles. The van der Waals surface area contributed by atoms with E-state index in [0.717, 1.165) is 16.7 Å². The summed E-state index contributed by atoms with van der Waals surface area (Å²) in [6.07, 6.45) is 21.5. The van der Waals surface area contributed by atoms with Crippen molar-refractivity contribution in [2.24, 2.45) is 11.7 Å². The molecule has 2 amide bonds. The first-order chi connectivity index (χ1) is 19.5. The standard InChI is InChI=1S/C33H48N2O6/c1-24(2)21-31(37)35-20-19-26(4)22-27(5)30-23-25(3)13-8-6-10-16-29(40-33(34)39)17-12-15-28(36)14-9-7-11-18-32(38)41-30/h6,8,11-13,15,18-22,27-30,36H,7,9-10,14,16-17,23H2,1-5H3,(H2,34,39)(H,35,37)/b8-6+,15-12+,18-11+,20-19+,25-13+,26-22+/t27-,28+,29+,30-/m1/s1. The largest absolute Gasteiger partial charge is 0.458 e. The van der Waals surface area contributed by atoms with Crippen LogP contribution in [-0.2, 0) is 19.1 Å². The molecule has 0 bridgehead atoms. The summed E-state index contributed by atoms with van der Waals surface area (Å²) in [4.78, 5) is 35.7. The molecule has 0 aromatic carbocycles. The fourth-order valence-corrected chi connectivity index (χ4v) is 4.15. The average Bonchev–Trinajstić information content (AvgIpc) is 2.86. The van der Waals surface area contributed by atoms with Crippen molar-refractivity contribution in [3.8, 4) is 0 Å². The van der Waals surface area contributed by atoms with E-state index in [2.05, 4.69) is 5.32 Å². The summed E-state index contributed by atoms with van der Waals surface area (Å²) in [6, 6.07) is 0. The lowest BCUT2D eigenvalue weighted by Crippen LogP contribution is -2.24. The van der Waals surface area contributed by atoms with Gasteiger partial charge >= 0.3 is 12.1 Å². The summed E-state index contributed by atoms with van der Waals surface area (Å²) in [5.74, 6) is -0.686. The van der Waals surface area contributed by atoms with Crippen LogP contribution in [0.2, 0.25) is 0 Å². The highest BCUT2D eigenvalue weighted by atomic mass is 16.6. The SMILES string of the molecule is CC(C)=CC(=O)N/C=C/C(C)=C/[C@@H](C)[C@H]1C/C(C)=C/C=C/CC[C@H](OC(N)=O)C/C=C/[C@@H](O)CCC/C=C/C(=O)O1. The Balaban J connectivity index is 3.04. The van der Waals surface area contributed by atoms with E-state index in [0.29, 0.717) is 44.9 Å². The Kier molecular flexibility index (Phi) is 17.5. The molecule has 226 valence electrons. The molecule has 1 aliphatic rings. The van der Waals surface area contributed by atoms with E-state index >= 15 is 0 Å².